The Balaban J connectivity index is 0. The predicted octanol–water partition coefficient (Wildman–Crippen LogP) is 5.90. The van der Waals surface area contributed by atoms with Crippen LogP contribution in [0.3, 0.4) is 0 Å². The number of aliphatic carboxylic acids is 1. The van der Waals surface area contributed by atoms with E-state index in [1.807, 2.05) is 0 Å². The van der Waals surface area contributed by atoms with Crippen LogP contribution in [0.15, 0.2) is 0 Å². The summed E-state index contributed by atoms with van der Waals surface area (Å²) in [5, 5.41) is 8.45. The van der Waals surface area contributed by atoms with Gasteiger partial charge in [0.05, 0.1) is 0 Å². The van der Waals surface area contributed by atoms with Crippen molar-refractivity contribution in [1.82, 2.24) is 0 Å². The molecule has 0 fully saturated rings. The van der Waals surface area contributed by atoms with E-state index < -0.39 is 11.8 Å². The van der Waals surface area contributed by atoms with Crippen LogP contribution in [0.2, 0.25) is 0 Å². The summed E-state index contributed by atoms with van der Waals surface area (Å²) in [7, 11) is 0. The van der Waals surface area contributed by atoms with E-state index in [-0.39, 0.29) is 25.9 Å². The maximum atomic E-state index is 10.9. The Kier molecular flexibility index (Phi) is 21.5. The van der Waals surface area contributed by atoms with E-state index in [2.05, 4.69) is 6.92 Å². The number of carbonyl (C=O) groups excluding carboxylic acids is 1. The molecule has 1 N–H and O–H groups in total. The van der Waals surface area contributed by atoms with E-state index >= 15 is 0 Å². The summed E-state index contributed by atoms with van der Waals surface area (Å²) in [6, 6.07) is 0. The van der Waals surface area contributed by atoms with E-state index in [9.17, 15) is 9.59 Å². The molecule has 0 aromatic rings. The Labute approximate surface area is 155 Å². The summed E-state index contributed by atoms with van der Waals surface area (Å²) < 4.78 is 0. The first-order chi connectivity index (χ1) is 10.7. The molecule has 132 valence electrons. The molecule has 0 aromatic carbocycles. The van der Waals surface area contributed by atoms with Crippen molar-refractivity contribution >= 4 is 11.8 Å². The maximum absolute atomic E-state index is 10.9. The summed E-state index contributed by atoms with van der Waals surface area (Å²) in [5.41, 5.74) is 0. The second-order valence-electron chi connectivity index (χ2n) is 6.43. The molecule has 0 saturated heterocycles. The van der Waals surface area contributed by atoms with Crippen LogP contribution in [0.5, 0.6) is 0 Å². The van der Waals surface area contributed by atoms with Crippen LogP contribution >= 0.6 is 0 Å². The Morgan fingerprint density at radius 3 is 1.22 bits per heavy atom. The summed E-state index contributed by atoms with van der Waals surface area (Å²) in [6.07, 6.45) is 19.4. The van der Waals surface area contributed by atoms with Gasteiger partial charge in [-0.05, 0) is 6.42 Å². The van der Waals surface area contributed by atoms with E-state index in [1.165, 1.54) is 77.0 Å². The molecule has 0 heterocycles. The summed E-state index contributed by atoms with van der Waals surface area (Å²) >= 11 is 0. The van der Waals surface area contributed by atoms with Crippen LogP contribution in [0.25, 0.3) is 0 Å². The SMILES string of the molecule is CCCCCCCCCCCCCCCCCC(=O)C(=O)O.[Zn]. The number of rotatable bonds is 17. The number of carboxylic acids is 1. The van der Waals surface area contributed by atoms with Crippen LogP contribution in [-0.4, -0.2) is 16.9 Å². The molecule has 0 atom stereocenters. The largest absolute Gasteiger partial charge is 0.476 e. The topological polar surface area (TPSA) is 54.4 Å². The average Bonchev–Trinajstić information content (AvgIpc) is 2.50. The van der Waals surface area contributed by atoms with Crippen molar-refractivity contribution in [2.45, 2.75) is 110 Å². The van der Waals surface area contributed by atoms with Gasteiger partial charge in [0.15, 0.2) is 0 Å². The van der Waals surface area contributed by atoms with Crippen molar-refractivity contribution in [2.24, 2.45) is 0 Å². The van der Waals surface area contributed by atoms with Gasteiger partial charge in [-0.3, -0.25) is 4.79 Å². The van der Waals surface area contributed by atoms with Gasteiger partial charge in [0.25, 0.3) is 0 Å². The van der Waals surface area contributed by atoms with Gasteiger partial charge in [0, 0.05) is 25.9 Å². The first-order valence-electron chi connectivity index (χ1n) is 9.44. The first kappa shape index (κ1) is 25.0. The third-order valence-corrected chi connectivity index (χ3v) is 4.25. The van der Waals surface area contributed by atoms with Crippen LogP contribution in [0.4, 0.5) is 0 Å². The Bertz CT molecular complexity index is 280. The molecule has 0 aliphatic rings. The average molecular weight is 378 g/mol. The van der Waals surface area contributed by atoms with Crippen molar-refractivity contribution < 1.29 is 34.2 Å². The second-order valence-corrected chi connectivity index (χ2v) is 6.43. The molecule has 0 spiro atoms. The van der Waals surface area contributed by atoms with Gasteiger partial charge in [0.1, 0.15) is 0 Å². The van der Waals surface area contributed by atoms with Gasteiger partial charge in [-0.15, -0.1) is 0 Å². The molecular weight excluding hydrogens is 342 g/mol. The molecule has 0 aliphatic carbocycles. The van der Waals surface area contributed by atoms with Gasteiger partial charge in [0.2, 0.25) is 5.78 Å². The van der Waals surface area contributed by atoms with Crippen molar-refractivity contribution in [2.75, 3.05) is 0 Å². The number of carboxylic acid groups (broad SMARTS) is 1. The molecule has 0 unspecified atom stereocenters. The monoisotopic (exact) mass is 376 g/mol. The van der Waals surface area contributed by atoms with E-state index in [0.717, 1.165) is 19.3 Å². The van der Waals surface area contributed by atoms with Crippen LogP contribution in [0.1, 0.15) is 110 Å². The van der Waals surface area contributed by atoms with E-state index in [1.54, 1.807) is 0 Å². The summed E-state index contributed by atoms with van der Waals surface area (Å²) in [5.74, 6) is -1.93. The fourth-order valence-corrected chi connectivity index (χ4v) is 2.76. The minimum Gasteiger partial charge on any atom is -0.476 e. The fraction of sp³-hybridized carbons (Fsp3) is 0.895. The van der Waals surface area contributed by atoms with Crippen molar-refractivity contribution in [3.63, 3.8) is 0 Å². The minimum absolute atomic E-state index is 0. The Hall–Kier alpha value is -0.237. The third kappa shape index (κ3) is 19.7. The molecule has 0 bridgehead atoms. The molecule has 23 heavy (non-hydrogen) atoms. The summed E-state index contributed by atoms with van der Waals surface area (Å²) in [4.78, 5) is 21.2. The van der Waals surface area contributed by atoms with Gasteiger partial charge >= 0.3 is 5.97 Å². The quantitative estimate of drug-likeness (QED) is 0.195. The number of carbonyl (C=O) groups is 2. The van der Waals surface area contributed by atoms with Gasteiger partial charge in [-0.25, -0.2) is 4.79 Å². The van der Waals surface area contributed by atoms with Crippen LogP contribution < -0.4 is 0 Å². The molecule has 0 rings (SSSR count). The Morgan fingerprint density at radius 2 is 0.913 bits per heavy atom. The van der Waals surface area contributed by atoms with Crippen molar-refractivity contribution in [1.29, 1.82) is 0 Å². The standard InChI is InChI=1S/C19H36O3.Zn/c1-2-3-4-5-6-7-8-9-10-11-12-13-14-15-16-17-18(20)19(21)22;/h2-17H2,1H3,(H,21,22);. The number of unbranched alkanes of at least 4 members (excludes halogenated alkanes) is 14. The molecule has 0 saturated carbocycles. The number of hydrogen-bond donors (Lipinski definition) is 1. The van der Waals surface area contributed by atoms with Crippen molar-refractivity contribution in [3.05, 3.63) is 0 Å². The Morgan fingerprint density at radius 1 is 0.609 bits per heavy atom. The zero-order valence-electron chi connectivity index (χ0n) is 15.3. The predicted molar refractivity (Wildman–Crippen MR) is 92.2 cm³/mol. The number of hydrogen-bond acceptors (Lipinski definition) is 2. The smallest absolute Gasteiger partial charge is 0.372 e. The van der Waals surface area contributed by atoms with Gasteiger partial charge < -0.3 is 5.11 Å². The van der Waals surface area contributed by atoms with Gasteiger partial charge in [-0.1, -0.05) is 96.8 Å². The van der Waals surface area contributed by atoms with E-state index in [4.69, 9.17) is 5.11 Å². The number of Topliss-reactive ketones (excluding diaryl/α,β-unsaturated/α-hetero) is 1. The zero-order chi connectivity index (χ0) is 16.5. The molecule has 0 amide bonds. The zero-order valence-corrected chi connectivity index (χ0v) is 18.3. The molecule has 3 nitrogen and oxygen atoms in total. The van der Waals surface area contributed by atoms with E-state index in [0.29, 0.717) is 0 Å². The second kappa shape index (κ2) is 19.8. The van der Waals surface area contributed by atoms with Crippen LogP contribution in [0, 0.1) is 0 Å². The van der Waals surface area contributed by atoms with Crippen molar-refractivity contribution in [3.8, 4) is 0 Å². The third-order valence-electron chi connectivity index (χ3n) is 4.25. The van der Waals surface area contributed by atoms with Gasteiger partial charge in [-0.2, -0.15) is 0 Å². The fourth-order valence-electron chi connectivity index (χ4n) is 2.76. The van der Waals surface area contributed by atoms with Crippen LogP contribution in [-0.2, 0) is 29.1 Å². The maximum Gasteiger partial charge on any atom is 0.372 e. The molecule has 0 aliphatic heterocycles. The minimum atomic E-state index is -1.29. The molecule has 4 heteroatoms. The normalized spacial score (nSPS) is 10.3. The molecule has 0 radical (unpaired) electrons. The number of ketones is 1. The molecule has 0 aromatic heterocycles. The summed E-state index contributed by atoms with van der Waals surface area (Å²) in [6.45, 7) is 2.26. The molecular formula is C19H36O3Zn. The first-order valence-corrected chi connectivity index (χ1v) is 9.44.